The maximum Gasteiger partial charge on any atom is 0.138 e. The lowest BCUT2D eigenvalue weighted by atomic mass is 10.0. The highest BCUT2D eigenvalue weighted by Crippen LogP contribution is 2.22. The molecule has 0 bridgehead atoms. The van der Waals surface area contributed by atoms with E-state index in [1.807, 2.05) is 13.8 Å². The summed E-state index contributed by atoms with van der Waals surface area (Å²) in [6, 6.07) is 8.79. The van der Waals surface area contributed by atoms with Crippen molar-refractivity contribution in [3.8, 4) is 0 Å². The molecule has 0 amide bonds. The number of rotatable bonds is 2. The summed E-state index contributed by atoms with van der Waals surface area (Å²) in [4.78, 5) is 2.50. The van der Waals surface area contributed by atoms with E-state index < -0.39 is 0 Å². The minimum atomic E-state index is 0.940. The molecule has 0 radical (unpaired) electrons. The molecule has 0 spiro atoms. The average molecular weight is 256 g/mol. The Balaban J connectivity index is 1.80. The first kappa shape index (κ1) is 12.4. The predicted molar refractivity (Wildman–Crippen MR) is 74.9 cm³/mol. The Morgan fingerprint density at radius 3 is 2.74 bits per heavy atom. The Labute approximate surface area is 114 Å². The van der Waals surface area contributed by atoms with Gasteiger partial charge in [-0.2, -0.15) is 0 Å². The molecule has 0 aliphatic carbocycles. The van der Waals surface area contributed by atoms with Crippen molar-refractivity contribution in [2.24, 2.45) is 0 Å². The SMILES string of the molecule is Cc1noc(C)c1CN1CCCc2ccccc2C1. The Kier molecular flexibility index (Phi) is 3.38. The average Bonchev–Trinajstić information content (AvgIpc) is 2.64. The van der Waals surface area contributed by atoms with E-state index >= 15 is 0 Å². The van der Waals surface area contributed by atoms with Crippen molar-refractivity contribution in [1.29, 1.82) is 0 Å². The molecule has 2 heterocycles. The Morgan fingerprint density at radius 2 is 2.00 bits per heavy atom. The van der Waals surface area contributed by atoms with Gasteiger partial charge >= 0.3 is 0 Å². The molecule has 3 nitrogen and oxygen atoms in total. The molecule has 1 aromatic heterocycles. The molecule has 0 N–H and O–H groups in total. The van der Waals surface area contributed by atoms with Gasteiger partial charge in [-0.15, -0.1) is 0 Å². The monoisotopic (exact) mass is 256 g/mol. The van der Waals surface area contributed by atoms with Gasteiger partial charge in [0.05, 0.1) is 5.69 Å². The summed E-state index contributed by atoms with van der Waals surface area (Å²) < 4.78 is 5.26. The number of aromatic nitrogens is 1. The molecule has 1 aliphatic rings. The van der Waals surface area contributed by atoms with E-state index in [2.05, 4.69) is 34.3 Å². The summed E-state index contributed by atoms with van der Waals surface area (Å²) in [5.74, 6) is 0.954. The van der Waals surface area contributed by atoms with Gasteiger partial charge in [-0.05, 0) is 44.4 Å². The molecule has 0 atom stereocenters. The van der Waals surface area contributed by atoms with E-state index in [4.69, 9.17) is 4.52 Å². The van der Waals surface area contributed by atoms with Gasteiger partial charge in [0.15, 0.2) is 0 Å². The second-order valence-electron chi connectivity index (χ2n) is 5.39. The van der Waals surface area contributed by atoms with Crippen LogP contribution in [-0.2, 0) is 19.5 Å². The van der Waals surface area contributed by atoms with Crippen LogP contribution in [-0.4, -0.2) is 16.6 Å². The highest BCUT2D eigenvalue weighted by Gasteiger charge is 2.17. The quantitative estimate of drug-likeness (QED) is 0.826. The zero-order chi connectivity index (χ0) is 13.2. The molecule has 3 heteroatoms. The Hall–Kier alpha value is -1.61. The van der Waals surface area contributed by atoms with Crippen LogP contribution in [0.3, 0.4) is 0 Å². The number of hydrogen-bond donors (Lipinski definition) is 0. The van der Waals surface area contributed by atoms with E-state index in [9.17, 15) is 0 Å². The molecule has 0 saturated heterocycles. The summed E-state index contributed by atoms with van der Waals surface area (Å²) in [6.07, 6.45) is 2.41. The van der Waals surface area contributed by atoms with Crippen LogP contribution in [0.1, 0.15) is 34.6 Å². The van der Waals surface area contributed by atoms with E-state index in [-0.39, 0.29) is 0 Å². The van der Waals surface area contributed by atoms with Crippen LogP contribution in [0.2, 0.25) is 0 Å². The number of benzene rings is 1. The highest BCUT2D eigenvalue weighted by molar-refractivity contribution is 5.28. The van der Waals surface area contributed by atoms with Crippen LogP contribution < -0.4 is 0 Å². The fraction of sp³-hybridized carbons (Fsp3) is 0.438. The zero-order valence-corrected chi connectivity index (χ0v) is 11.6. The van der Waals surface area contributed by atoms with Crippen molar-refractivity contribution in [3.05, 3.63) is 52.4 Å². The molecule has 1 aliphatic heterocycles. The summed E-state index contributed by atoms with van der Waals surface area (Å²) in [6.45, 7) is 7.13. The van der Waals surface area contributed by atoms with Crippen molar-refractivity contribution in [2.75, 3.05) is 6.54 Å². The second kappa shape index (κ2) is 5.17. The summed E-state index contributed by atoms with van der Waals surface area (Å²) >= 11 is 0. The van der Waals surface area contributed by atoms with Crippen LogP contribution in [0.5, 0.6) is 0 Å². The van der Waals surface area contributed by atoms with Gasteiger partial charge in [-0.1, -0.05) is 29.4 Å². The van der Waals surface area contributed by atoms with Crippen molar-refractivity contribution in [1.82, 2.24) is 10.1 Å². The third-order valence-corrected chi connectivity index (χ3v) is 4.00. The first-order valence-corrected chi connectivity index (χ1v) is 6.95. The molecule has 0 unspecified atom stereocenters. The lowest BCUT2D eigenvalue weighted by Gasteiger charge is -2.20. The van der Waals surface area contributed by atoms with Crippen molar-refractivity contribution < 1.29 is 4.52 Å². The lowest BCUT2D eigenvalue weighted by Crippen LogP contribution is -2.23. The molecule has 0 saturated carbocycles. The van der Waals surface area contributed by atoms with Crippen molar-refractivity contribution in [3.63, 3.8) is 0 Å². The molecular weight excluding hydrogens is 236 g/mol. The maximum absolute atomic E-state index is 5.26. The summed E-state index contributed by atoms with van der Waals surface area (Å²) in [5, 5.41) is 4.05. The normalized spacial score (nSPS) is 16.1. The Morgan fingerprint density at radius 1 is 1.21 bits per heavy atom. The summed E-state index contributed by atoms with van der Waals surface area (Å²) in [7, 11) is 0. The van der Waals surface area contributed by atoms with Crippen LogP contribution in [0, 0.1) is 13.8 Å². The number of hydrogen-bond acceptors (Lipinski definition) is 3. The minimum Gasteiger partial charge on any atom is -0.361 e. The lowest BCUT2D eigenvalue weighted by molar-refractivity contribution is 0.259. The molecule has 19 heavy (non-hydrogen) atoms. The first-order chi connectivity index (χ1) is 9.24. The van der Waals surface area contributed by atoms with Crippen LogP contribution >= 0.6 is 0 Å². The highest BCUT2D eigenvalue weighted by atomic mass is 16.5. The maximum atomic E-state index is 5.26. The topological polar surface area (TPSA) is 29.3 Å². The number of fused-ring (bicyclic) bond motifs is 1. The zero-order valence-electron chi connectivity index (χ0n) is 11.6. The van der Waals surface area contributed by atoms with Gasteiger partial charge in [0.1, 0.15) is 5.76 Å². The fourth-order valence-corrected chi connectivity index (χ4v) is 2.85. The van der Waals surface area contributed by atoms with E-state index in [0.717, 1.165) is 31.1 Å². The second-order valence-corrected chi connectivity index (χ2v) is 5.39. The molecule has 1 aromatic carbocycles. The predicted octanol–water partition coefficient (Wildman–Crippen LogP) is 3.24. The van der Waals surface area contributed by atoms with E-state index in [1.165, 1.54) is 29.5 Å². The minimum absolute atomic E-state index is 0.940. The number of nitrogens with zero attached hydrogens (tertiary/aromatic N) is 2. The van der Waals surface area contributed by atoms with Crippen molar-refractivity contribution in [2.45, 2.75) is 39.8 Å². The van der Waals surface area contributed by atoms with Gasteiger partial charge in [0.25, 0.3) is 0 Å². The standard InChI is InChI=1S/C16H20N2O/c1-12-16(13(2)19-17-12)11-18-9-5-8-14-6-3-4-7-15(14)10-18/h3-4,6-7H,5,8-11H2,1-2H3. The smallest absolute Gasteiger partial charge is 0.138 e. The Bertz CT molecular complexity index is 554. The first-order valence-electron chi connectivity index (χ1n) is 6.95. The molecular formula is C16H20N2O. The van der Waals surface area contributed by atoms with Gasteiger partial charge in [0.2, 0.25) is 0 Å². The molecule has 100 valence electrons. The third kappa shape index (κ3) is 2.56. The van der Waals surface area contributed by atoms with Gasteiger partial charge in [-0.3, -0.25) is 4.90 Å². The van der Waals surface area contributed by atoms with Gasteiger partial charge in [0, 0.05) is 18.7 Å². The van der Waals surface area contributed by atoms with Gasteiger partial charge < -0.3 is 4.52 Å². The van der Waals surface area contributed by atoms with Gasteiger partial charge in [-0.25, -0.2) is 0 Å². The number of aryl methyl sites for hydroxylation is 3. The van der Waals surface area contributed by atoms with E-state index in [1.54, 1.807) is 0 Å². The largest absolute Gasteiger partial charge is 0.361 e. The third-order valence-electron chi connectivity index (χ3n) is 4.00. The van der Waals surface area contributed by atoms with Crippen LogP contribution in [0.25, 0.3) is 0 Å². The fourth-order valence-electron chi connectivity index (χ4n) is 2.85. The van der Waals surface area contributed by atoms with Crippen molar-refractivity contribution >= 4 is 0 Å². The molecule has 3 rings (SSSR count). The van der Waals surface area contributed by atoms with E-state index in [0.29, 0.717) is 0 Å². The molecule has 0 fully saturated rings. The molecule has 2 aromatic rings. The summed E-state index contributed by atoms with van der Waals surface area (Å²) in [5.41, 5.74) is 5.24. The van der Waals surface area contributed by atoms with Crippen LogP contribution in [0.15, 0.2) is 28.8 Å². The van der Waals surface area contributed by atoms with Crippen LogP contribution in [0.4, 0.5) is 0 Å².